The van der Waals surface area contributed by atoms with Crippen molar-refractivity contribution in [3.63, 3.8) is 0 Å². The Bertz CT molecular complexity index is 169. The standard InChI is InChI=1S/C10H19NO3/c1-14-10(12)8-6-4-2-3-5-7-9-11-13/h9,13H,2-8H2,1H3. The van der Waals surface area contributed by atoms with Gasteiger partial charge in [0.1, 0.15) is 0 Å². The number of ether oxygens (including phenoxy) is 1. The lowest BCUT2D eigenvalue weighted by Gasteiger charge is -1.99. The highest BCUT2D eigenvalue weighted by molar-refractivity contribution is 5.68. The molecule has 0 atom stereocenters. The molecular formula is C10H19NO3. The third kappa shape index (κ3) is 9.03. The van der Waals surface area contributed by atoms with Crippen LogP contribution in [0.25, 0.3) is 0 Å². The molecular weight excluding hydrogens is 182 g/mol. The van der Waals surface area contributed by atoms with Gasteiger partial charge in [0.15, 0.2) is 0 Å². The Balaban J connectivity index is 3.02. The van der Waals surface area contributed by atoms with Crippen molar-refractivity contribution in [2.45, 2.75) is 44.9 Å². The molecule has 0 spiro atoms. The Labute approximate surface area is 84.9 Å². The maximum Gasteiger partial charge on any atom is 0.305 e. The second-order valence-corrected chi connectivity index (χ2v) is 3.18. The highest BCUT2D eigenvalue weighted by Gasteiger charge is 1.98. The molecule has 4 nitrogen and oxygen atoms in total. The molecule has 4 heteroatoms. The molecule has 0 rings (SSSR count). The molecule has 0 aliphatic rings. The third-order valence-corrected chi connectivity index (χ3v) is 2.02. The Kier molecular flexibility index (Phi) is 9.26. The van der Waals surface area contributed by atoms with E-state index in [1.54, 1.807) is 0 Å². The van der Waals surface area contributed by atoms with Crippen molar-refractivity contribution in [3.8, 4) is 0 Å². The first-order chi connectivity index (χ1) is 6.81. The van der Waals surface area contributed by atoms with Crippen molar-refractivity contribution in [2.75, 3.05) is 7.11 Å². The van der Waals surface area contributed by atoms with E-state index in [1.165, 1.54) is 13.3 Å². The smallest absolute Gasteiger partial charge is 0.305 e. The molecule has 14 heavy (non-hydrogen) atoms. The SMILES string of the molecule is COC(=O)CCCCCCCC=NO. The van der Waals surface area contributed by atoms with Crippen molar-refractivity contribution < 1.29 is 14.7 Å². The lowest BCUT2D eigenvalue weighted by atomic mass is 10.1. The van der Waals surface area contributed by atoms with Gasteiger partial charge in [-0.2, -0.15) is 0 Å². The Morgan fingerprint density at radius 1 is 1.29 bits per heavy atom. The van der Waals surface area contributed by atoms with E-state index in [0.29, 0.717) is 6.42 Å². The highest BCUT2D eigenvalue weighted by atomic mass is 16.5. The fourth-order valence-corrected chi connectivity index (χ4v) is 1.20. The van der Waals surface area contributed by atoms with Gasteiger partial charge in [-0.05, 0) is 19.3 Å². The average Bonchev–Trinajstić information content (AvgIpc) is 2.21. The largest absolute Gasteiger partial charge is 0.469 e. The Morgan fingerprint density at radius 2 is 1.93 bits per heavy atom. The molecule has 0 aromatic heterocycles. The first-order valence-electron chi connectivity index (χ1n) is 5.04. The van der Waals surface area contributed by atoms with Crippen molar-refractivity contribution >= 4 is 12.2 Å². The van der Waals surface area contributed by atoms with E-state index < -0.39 is 0 Å². The molecule has 0 amide bonds. The molecule has 0 heterocycles. The lowest BCUT2D eigenvalue weighted by Crippen LogP contribution is -1.99. The van der Waals surface area contributed by atoms with Crippen molar-refractivity contribution in [1.29, 1.82) is 0 Å². The molecule has 0 fully saturated rings. The fraction of sp³-hybridized carbons (Fsp3) is 0.800. The monoisotopic (exact) mass is 201 g/mol. The molecule has 82 valence electrons. The second-order valence-electron chi connectivity index (χ2n) is 3.18. The van der Waals surface area contributed by atoms with Gasteiger partial charge >= 0.3 is 5.97 Å². The quantitative estimate of drug-likeness (QED) is 0.215. The van der Waals surface area contributed by atoms with Gasteiger partial charge in [-0.15, -0.1) is 5.16 Å². The van der Waals surface area contributed by atoms with E-state index in [-0.39, 0.29) is 5.97 Å². The summed E-state index contributed by atoms with van der Waals surface area (Å²) < 4.78 is 4.53. The van der Waals surface area contributed by atoms with Gasteiger partial charge in [-0.1, -0.05) is 19.3 Å². The summed E-state index contributed by atoms with van der Waals surface area (Å²) in [4.78, 5) is 10.7. The molecule has 1 N–H and O–H groups in total. The molecule has 0 saturated carbocycles. The molecule has 0 aromatic carbocycles. The summed E-state index contributed by atoms with van der Waals surface area (Å²) in [5.41, 5.74) is 0. The number of hydrogen-bond donors (Lipinski definition) is 1. The number of carbonyl (C=O) groups is 1. The molecule has 0 aromatic rings. The van der Waals surface area contributed by atoms with Gasteiger partial charge in [-0.3, -0.25) is 4.79 Å². The molecule has 0 aliphatic heterocycles. The first kappa shape index (κ1) is 12.9. The first-order valence-corrected chi connectivity index (χ1v) is 5.04. The zero-order valence-electron chi connectivity index (χ0n) is 8.74. The zero-order chi connectivity index (χ0) is 10.6. The average molecular weight is 201 g/mol. The maximum absolute atomic E-state index is 10.7. The fourth-order valence-electron chi connectivity index (χ4n) is 1.20. The van der Waals surface area contributed by atoms with Crippen molar-refractivity contribution in [3.05, 3.63) is 0 Å². The van der Waals surface area contributed by atoms with E-state index in [1.807, 2.05) is 0 Å². The number of rotatable bonds is 8. The number of carbonyl (C=O) groups excluding carboxylic acids is 1. The van der Waals surface area contributed by atoms with Crippen LogP contribution in [0.3, 0.4) is 0 Å². The molecule has 0 saturated heterocycles. The van der Waals surface area contributed by atoms with Gasteiger partial charge in [0.2, 0.25) is 0 Å². The number of esters is 1. The number of oxime groups is 1. The summed E-state index contributed by atoms with van der Waals surface area (Å²) in [6.45, 7) is 0. The third-order valence-electron chi connectivity index (χ3n) is 2.02. The van der Waals surface area contributed by atoms with E-state index >= 15 is 0 Å². The second kappa shape index (κ2) is 10.0. The van der Waals surface area contributed by atoms with Crippen LogP contribution in [0.1, 0.15) is 44.9 Å². The van der Waals surface area contributed by atoms with Crippen LogP contribution < -0.4 is 0 Å². The van der Waals surface area contributed by atoms with Crippen LogP contribution in [0.5, 0.6) is 0 Å². The maximum atomic E-state index is 10.7. The van der Waals surface area contributed by atoms with E-state index in [4.69, 9.17) is 5.21 Å². The summed E-state index contributed by atoms with van der Waals surface area (Å²) in [6, 6.07) is 0. The highest BCUT2D eigenvalue weighted by Crippen LogP contribution is 2.06. The van der Waals surface area contributed by atoms with E-state index in [0.717, 1.165) is 38.5 Å². The van der Waals surface area contributed by atoms with Gasteiger partial charge < -0.3 is 9.94 Å². The number of unbranched alkanes of at least 4 members (excludes halogenated alkanes) is 5. The van der Waals surface area contributed by atoms with Crippen LogP contribution in [0.2, 0.25) is 0 Å². The van der Waals surface area contributed by atoms with Gasteiger partial charge in [0.05, 0.1) is 7.11 Å². The van der Waals surface area contributed by atoms with Crippen molar-refractivity contribution in [1.82, 2.24) is 0 Å². The van der Waals surface area contributed by atoms with Crippen LogP contribution in [0, 0.1) is 0 Å². The van der Waals surface area contributed by atoms with Crippen LogP contribution in [0.4, 0.5) is 0 Å². The molecule has 0 bridgehead atoms. The van der Waals surface area contributed by atoms with Gasteiger partial charge in [-0.25, -0.2) is 0 Å². The van der Waals surface area contributed by atoms with Gasteiger partial charge in [0.25, 0.3) is 0 Å². The normalized spacial score (nSPS) is 10.6. The molecule has 0 aliphatic carbocycles. The molecule has 0 radical (unpaired) electrons. The van der Waals surface area contributed by atoms with Crippen LogP contribution in [0.15, 0.2) is 5.16 Å². The molecule has 0 unspecified atom stereocenters. The number of hydrogen-bond acceptors (Lipinski definition) is 4. The van der Waals surface area contributed by atoms with Crippen LogP contribution in [-0.2, 0) is 9.53 Å². The Morgan fingerprint density at radius 3 is 2.57 bits per heavy atom. The van der Waals surface area contributed by atoms with Crippen LogP contribution in [-0.4, -0.2) is 24.5 Å². The van der Waals surface area contributed by atoms with Crippen molar-refractivity contribution in [2.24, 2.45) is 5.16 Å². The summed E-state index contributed by atoms with van der Waals surface area (Å²) in [5.74, 6) is -0.127. The summed E-state index contributed by atoms with van der Waals surface area (Å²) in [6.07, 6.45) is 8.11. The minimum atomic E-state index is -0.127. The predicted molar refractivity (Wildman–Crippen MR) is 54.6 cm³/mol. The minimum Gasteiger partial charge on any atom is -0.469 e. The predicted octanol–water partition coefficient (Wildman–Crippen LogP) is 2.35. The lowest BCUT2D eigenvalue weighted by molar-refractivity contribution is -0.140. The zero-order valence-corrected chi connectivity index (χ0v) is 8.74. The van der Waals surface area contributed by atoms with E-state index in [9.17, 15) is 4.79 Å². The summed E-state index contributed by atoms with van der Waals surface area (Å²) >= 11 is 0. The van der Waals surface area contributed by atoms with E-state index in [2.05, 4.69) is 9.89 Å². The topological polar surface area (TPSA) is 58.9 Å². The van der Waals surface area contributed by atoms with Gasteiger partial charge in [0, 0.05) is 12.6 Å². The minimum absolute atomic E-state index is 0.127. The summed E-state index contributed by atoms with van der Waals surface area (Å²) in [7, 11) is 1.41. The van der Waals surface area contributed by atoms with Crippen LogP contribution >= 0.6 is 0 Å². The number of nitrogens with zero attached hydrogens (tertiary/aromatic N) is 1. The number of methoxy groups -OCH3 is 1. The Hall–Kier alpha value is -1.06. The summed E-state index contributed by atoms with van der Waals surface area (Å²) in [5, 5.41) is 11.0.